The summed E-state index contributed by atoms with van der Waals surface area (Å²) < 4.78 is 11.5. The van der Waals surface area contributed by atoms with Crippen LogP contribution in [0.4, 0.5) is 0 Å². The molecular weight excluding hydrogens is 318 g/mol. The molecule has 0 aromatic carbocycles. The van der Waals surface area contributed by atoms with E-state index in [2.05, 4.69) is 4.98 Å². The molecule has 0 aliphatic carbocycles. The number of hydrogen-bond acceptors (Lipinski definition) is 6. The second-order valence-electron chi connectivity index (χ2n) is 5.42. The lowest BCUT2D eigenvalue weighted by molar-refractivity contribution is -0.136. The first kappa shape index (κ1) is 16.1. The van der Waals surface area contributed by atoms with Crippen LogP contribution < -0.4 is 5.56 Å². The van der Waals surface area contributed by atoms with E-state index in [0.29, 0.717) is 38.0 Å². The highest BCUT2D eigenvalue weighted by atomic mass is 32.1. The highest BCUT2D eigenvalue weighted by Crippen LogP contribution is 2.32. The fourth-order valence-corrected chi connectivity index (χ4v) is 3.99. The van der Waals surface area contributed by atoms with Gasteiger partial charge in [0.15, 0.2) is 0 Å². The molecule has 3 heterocycles. The topological polar surface area (TPSA) is 73.7 Å². The maximum Gasteiger partial charge on any atom is 0.262 e. The summed E-state index contributed by atoms with van der Waals surface area (Å²) in [6.07, 6.45) is 2.25. The van der Waals surface area contributed by atoms with Gasteiger partial charge in [-0.2, -0.15) is 0 Å². The van der Waals surface area contributed by atoms with Gasteiger partial charge in [0.2, 0.25) is 5.91 Å². The predicted octanol–water partition coefficient (Wildman–Crippen LogP) is 0.635. The maximum atomic E-state index is 12.7. The number of aromatic nitrogens is 2. The van der Waals surface area contributed by atoms with Crippen LogP contribution in [0.25, 0.3) is 10.2 Å². The number of ether oxygens (including phenoxy) is 2. The van der Waals surface area contributed by atoms with Crippen LogP contribution in [0, 0.1) is 0 Å². The van der Waals surface area contributed by atoms with E-state index in [1.54, 1.807) is 22.9 Å². The van der Waals surface area contributed by atoms with Gasteiger partial charge in [-0.25, -0.2) is 4.98 Å². The van der Waals surface area contributed by atoms with E-state index in [-0.39, 0.29) is 18.1 Å². The quantitative estimate of drug-likeness (QED) is 0.800. The molecule has 1 amide bonds. The Labute approximate surface area is 137 Å². The Kier molecular flexibility index (Phi) is 4.74. The van der Waals surface area contributed by atoms with Crippen molar-refractivity contribution in [3.63, 3.8) is 0 Å². The number of nitrogens with zero attached hydrogens (tertiary/aromatic N) is 3. The largest absolute Gasteiger partial charge is 0.383 e. The van der Waals surface area contributed by atoms with Crippen molar-refractivity contribution in [1.82, 2.24) is 14.5 Å². The normalized spacial score (nSPS) is 14.3. The van der Waals surface area contributed by atoms with Gasteiger partial charge in [-0.05, 0) is 12.0 Å². The summed E-state index contributed by atoms with van der Waals surface area (Å²) in [6, 6.07) is 0. The number of methoxy groups -OCH3 is 2. The molecule has 1 aliphatic heterocycles. The van der Waals surface area contributed by atoms with Crippen LogP contribution in [0.3, 0.4) is 0 Å². The molecule has 0 saturated heterocycles. The van der Waals surface area contributed by atoms with Crippen molar-refractivity contribution in [1.29, 1.82) is 0 Å². The zero-order chi connectivity index (χ0) is 16.4. The molecule has 23 heavy (non-hydrogen) atoms. The Morgan fingerprint density at radius 1 is 1.39 bits per heavy atom. The van der Waals surface area contributed by atoms with Crippen molar-refractivity contribution in [3.05, 3.63) is 27.1 Å². The van der Waals surface area contributed by atoms with Gasteiger partial charge >= 0.3 is 0 Å². The van der Waals surface area contributed by atoms with Gasteiger partial charge in [0.25, 0.3) is 5.56 Å². The van der Waals surface area contributed by atoms with Crippen LogP contribution in [0.5, 0.6) is 0 Å². The molecule has 8 heteroatoms. The minimum absolute atomic E-state index is 0.0266. The van der Waals surface area contributed by atoms with Crippen LogP contribution in [0.15, 0.2) is 11.1 Å². The van der Waals surface area contributed by atoms with E-state index in [1.165, 1.54) is 18.4 Å². The maximum absolute atomic E-state index is 12.7. The Morgan fingerprint density at radius 2 is 2.22 bits per heavy atom. The van der Waals surface area contributed by atoms with E-state index < -0.39 is 0 Å². The van der Waals surface area contributed by atoms with E-state index in [1.807, 2.05) is 0 Å². The zero-order valence-electron chi connectivity index (χ0n) is 13.2. The van der Waals surface area contributed by atoms with Crippen molar-refractivity contribution >= 4 is 27.5 Å². The average Bonchev–Trinajstić information content (AvgIpc) is 2.92. The predicted molar refractivity (Wildman–Crippen MR) is 86.8 cm³/mol. The van der Waals surface area contributed by atoms with Crippen molar-refractivity contribution in [2.75, 3.05) is 34.0 Å². The molecular formula is C15H19N3O4S. The van der Waals surface area contributed by atoms with Crippen molar-refractivity contribution < 1.29 is 14.3 Å². The third kappa shape index (κ3) is 3.01. The van der Waals surface area contributed by atoms with E-state index >= 15 is 0 Å². The van der Waals surface area contributed by atoms with E-state index in [0.717, 1.165) is 15.3 Å². The molecule has 0 spiro atoms. The Morgan fingerprint density at radius 3 is 2.96 bits per heavy atom. The van der Waals surface area contributed by atoms with E-state index in [9.17, 15) is 9.59 Å². The fraction of sp³-hybridized carbons (Fsp3) is 0.533. The third-order valence-electron chi connectivity index (χ3n) is 3.98. The second-order valence-corrected chi connectivity index (χ2v) is 6.50. The van der Waals surface area contributed by atoms with Gasteiger partial charge in [-0.3, -0.25) is 14.2 Å². The summed E-state index contributed by atoms with van der Waals surface area (Å²) in [6.45, 7) is 2.17. The van der Waals surface area contributed by atoms with Gasteiger partial charge < -0.3 is 14.4 Å². The summed E-state index contributed by atoms with van der Waals surface area (Å²) in [5, 5.41) is 0.697. The molecule has 0 unspecified atom stereocenters. The Balaban J connectivity index is 1.95. The standard InChI is InChI=1S/C15H19N3O4S/c1-21-6-5-18-9-16-14-13(15(18)20)10-3-4-17(7-11(10)23-14)12(19)8-22-2/h9H,3-8H2,1-2H3. The van der Waals surface area contributed by atoms with Crippen LogP contribution in [-0.4, -0.2) is 54.3 Å². The molecule has 124 valence electrons. The number of amides is 1. The highest BCUT2D eigenvalue weighted by Gasteiger charge is 2.26. The van der Waals surface area contributed by atoms with Crippen molar-refractivity contribution in [2.45, 2.75) is 19.5 Å². The van der Waals surface area contributed by atoms with Gasteiger partial charge in [-0.15, -0.1) is 11.3 Å². The lowest BCUT2D eigenvalue weighted by atomic mass is 10.1. The number of carbonyl (C=O) groups is 1. The average molecular weight is 337 g/mol. The van der Waals surface area contributed by atoms with Crippen LogP contribution >= 0.6 is 11.3 Å². The van der Waals surface area contributed by atoms with Crippen molar-refractivity contribution in [3.8, 4) is 0 Å². The zero-order valence-corrected chi connectivity index (χ0v) is 14.0. The lowest BCUT2D eigenvalue weighted by Gasteiger charge is -2.26. The van der Waals surface area contributed by atoms with Gasteiger partial charge in [-0.1, -0.05) is 0 Å². The SMILES string of the molecule is COCCn1cnc2sc3c(c2c1=O)CCN(C(=O)COC)C3. The monoisotopic (exact) mass is 337 g/mol. The van der Waals surface area contributed by atoms with Gasteiger partial charge in [0, 0.05) is 25.6 Å². The highest BCUT2D eigenvalue weighted by molar-refractivity contribution is 7.18. The summed E-state index contributed by atoms with van der Waals surface area (Å²) in [7, 11) is 3.12. The summed E-state index contributed by atoms with van der Waals surface area (Å²) in [5.41, 5.74) is 1.01. The Bertz CT molecular complexity index is 783. The third-order valence-corrected chi connectivity index (χ3v) is 5.11. The fourth-order valence-electron chi connectivity index (χ4n) is 2.80. The van der Waals surface area contributed by atoms with E-state index in [4.69, 9.17) is 9.47 Å². The van der Waals surface area contributed by atoms with Gasteiger partial charge in [0.05, 0.1) is 31.4 Å². The molecule has 0 N–H and O–H groups in total. The summed E-state index contributed by atoms with van der Waals surface area (Å²) >= 11 is 1.50. The number of carbonyl (C=O) groups excluding carboxylic acids is 1. The molecule has 3 rings (SSSR count). The minimum atomic E-state index is -0.0268. The first-order chi connectivity index (χ1) is 11.2. The van der Waals surface area contributed by atoms with Crippen LogP contribution in [0.1, 0.15) is 10.4 Å². The smallest absolute Gasteiger partial charge is 0.262 e. The molecule has 0 radical (unpaired) electrons. The lowest BCUT2D eigenvalue weighted by Crippen LogP contribution is -2.37. The minimum Gasteiger partial charge on any atom is -0.383 e. The molecule has 2 aromatic heterocycles. The molecule has 7 nitrogen and oxygen atoms in total. The van der Waals surface area contributed by atoms with Crippen LogP contribution in [0.2, 0.25) is 0 Å². The summed E-state index contributed by atoms with van der Waals surface area (Å²) in [5.74, 6) is -0.0268. The Hall–Kier alpha value is -1.77. The number of thiophene rings is 1. The molecule has 0 bridgehead atoms. The molecule has 0 fully saturated rings. The van der Waals surface area contributed by atoms with Crippen LogP contribution in [-0.2, 0) is 33.8 Å². The summed E-state index contributed by atoms with van der Waals surface area (Å²) in [4.78, 5) is 32.6. The first-order valence-electron chi connectivity index (χ1n) is 7.41. The number of hydrogen-bond donors (Lipinski definition) is 0. The second kappa shape index (κ2) is 6.77. The molecule has 2 aromatic rings. The molecule has 1 aliphatic rings. The van der Waals surface area contributed by atoms with Gasteiger partial charge in [0.1, 0.15) is 11.4 Å². The number of rotatable bonds is 5. The molecule has 0 atom stereocenters. The first-order valence-corrected chi connectivity index (χ1v) is 8.22. The number of fused-ring (bicyclic) bond motifs is 3. The molecule has 0 saturated carbocycles. The van der Waals surface area contributed by atoms with Crippen molar-refractivity contribution in [2.24, 2.45) is 0 Å².